The average Bonchev–Trinajstić information content (AvgIpc) is 2.00. The zero-order chi connectivity index (χ0) is 11.8. The van der Waals surface area contributed by atoms with Gasteiger partial charge in [-0.05, 0) is 0 Å². The molecule has 14 heavy (non-hydrogen) atoms. The van der Waals surface area contributed by atoms with E-state index in [0.717, 1.165) is 0 Å². The van der Waals surface area contributed by atoms with E-state index in [1.165, 1.54) is 0 Å². The number of halogens is 7. The third-order valence-electron chi connectivity index (χ3n) is 1.31. The summed E-state index contributed by atoms with van der Waals surface area (Å²) >= 11 is 0. The maximum Gasteiger partial charge on any atom is 0.460 e. The third-order valence-corrected chi connectivity index (χ3v) is 1.31. The summed E-state index contributed by atoms with van der Waals surface area (Å²) in [6, 6.07) is 0. The van der Waals surface area contributed by atoms with Gasteiger partial charge in [-0.25, -0.2) is 0 Å². The molecule has 0 bridgehead atoms. The molecule has 0 rings (SSSR count). The predicted octanol–water partition coefficient (Wildman–Crippen LogP) is 1.78. The molecule has 0 aliphatic carbocycles. The van der Waals surface area contributed by atoms with Crippen LogP contribution in [0.25, 0.3) is 0 Å². The van der Waals surface area contributed by atoms with Crippen molar-refractivity contribution in [3.8, 4) is 0 Å². The van der Waals surface area contributed by atoms with Crippen LogP contribution in [0.3, 0.4) is 0 Å². The van der Waals surface area contributed by atoms with Crippen LogP contribution in [0.5, 0.6) is 0 Å². The summed E-state index contributed by atoms with van der Waals surface area (Å²) in [5.41, 5.74) is 0. The van der Waals surface area contributed by atoms with Crippen molar-refractivity contribution in [2.75, 3.05) is 7.11 Å². The van der Waals surface area contributed by atoms with Gasteiger partial charge in [-0.15, -0.1) is 0 Å². The first kappa shape index (κ1) is 13.4. The highest BCUT2D eigenvalue weighted by Crippen LogP contribution is 2.47. The molecule has 0 aromatic rings. The van der Waals surface area contributed by atoms with Gasteiger partial charge in [0.05, 0.1) is 0 Å². The van der Waals surface area contributed by atoms with Gasteiger partial charge in [-0.2, -0.15) is 30.7 Å². The minimum Gasteiger partial charge on any atom is -0.363 e. The van der Waals surface area contributed by atoms with Gasteiger partial charge < -0.3 is 9.84 Å². The number of ether oxygens (including phenoxy) is 1. The standard InChI is InChI=1S/C5H5F7O2/c1-14-2(13)3(6,7)4(8,9)5(10,11)12/h2,13H,1H3. The van der Waals surface area contributed by atoms with Crippen molar-refractivity contribution in [1.29, 1.82) is 0 Å². The Hall–Kier alpha value is -0.570. The van der Waals surface area contributed by atoms with E-state index in [1.54, 1.807) is 0 Å². The maximum atomic E-state index is 12.2. The molecular weight excluding hydrogens is 225 g/mol. The smallest absolute Gasteiger partial charge is 0.363 e. The molecule has 0 saturated carbocycles. The van der Waals surface area contributed by atoms with E-state index in [1.807, 2.05) is 0 Å². The third kappa shape index (κ3) is 1.92. The first-order valence-electron chi connectivity index (χ1n) is 3.01. The molecule has 2 nitrogen and oxygen atoms in total. The Morgan fingerprint density at radius 3 is 1.57 bits per heavy atom. The highest BCUT2D eigenvalue weighted by molar-refractivity contribution is 4.92. The molecule has 0 fully saturated rings. The van der Waals surface area contributed by atoms with Crippen molar-refractivity contribution in [3.05, 3.63) is 0 Å². The molecular formula is C5H5F7O2. The van der Waals surface area contributed by atoms with E-state index in [0.29, 0.717) is 7.11 Å². The molecule has 0 aromatic heterocycles. The van der Waals surface area contributed by atoms with Crippen LogP contribution in [0, 0.1) is 0 Å². The molecule has 0 aliphatic rings. The molecule has 1 atom stereocenters. The van der Waals surface area contributed by atoms with E-state index < -0.39 is 24.3 Å². The minimum absolute atomic E-state index is 0.366. The molecule has 0 aliphatic heterocycles. The fraction of sp³-hybridized carbons (Fsp3) is 1.00. The van der Waals surface area contributed by atoms with Gasteiger partial charge in [0.15, 0.2) is 0 Å². The normalized spacial score (nSPS) is 16.9. The van der Waals surface area contributed by atoms with Crippen molar-refractivity contribution >= 4 is 0 Å². The Balaban J connectivity index is 5.07. The highest BCUT2D eigenvalue weighted by Gasteiger charge is 2.75. The first-order valence-corrected chi connectivity index (χ1v) is 3.01. The lowest BCUT2D eigenvalue weighted by molar-refractivity contribution is -0.393. The quantitative estimate of drug-likeness (QED) is 0.591. The summed E-state index contributed by atoms with van der Waals surface area (Å²) in [7, 11) is 0.366. The number of hydrogen-bond donors (Lipinski definition) is 1. The van der Waals surface area contributed by atoms with Crippen LogP contribution in [0.4, 0.5) is 30.7 Å². The minimum atomic E-state index is -6.46. The number of methoxy groups -OCH3 is 1. The van der Waals surface area contributed by atoms with E-state index in [-0.39, 0.29) is 0 Å². The van der Waals surface area contributed by atoms with Gasteiger partial charge in [0.2, 0.25) is 6.29 Å². The average molecular weight is 230 g/mol. The molecule has 0 amide bonds. The summed E-state index contributed by atoms with van der Waals surface area (Å²) < 4.78 is 86.2. The summed E-state index contributed by atoms with van der Waals surface area (Å²) in [6.07, 6.45) is -9.99. The van der Waals surface area contributed by atoms with Crippen molar-refractivity contribution < 1.29 is 40.6 Å². The SMILES string of the molecule is COC(O)C(F)(F)C(F)(F)C(F)(F)F. The lowest BCUT2D eigenvalue weighted by Gasteiger charge is -2.30. The number of aliphatic hydroxyl groups is 1. The molecule has 1 unspecified atom stereocenters. The Labute approximate surface area is 73.3 Å². The summed E-state index contributed by atoms with van der Waals surface area (Å²) in [5.74, 6) is -12.1. The van der Waals surface area contributed by atoms with E-state index >= 15 is 0 Å². The van der Waals surface area contributed by atoms with E-state index in [2.05, 4.69) is 4.74 Å². The lowest BCUT2D eigenvalue weighted by Crippen LogP contribution is -2.58. The number of rotatable bonds is 3. The van der Waals surface area contributed by atoms with Gasteiger partial charge >= 0.3 is 18.0 Å². The largest absolute Gasteiger partial charge is 0.460 e. The molecule has 0 spiro atoms. The van der Waals surface area contributed by atoms with Gasteiger partial charge in [-0.3, -0.25) is 0 Å². The van der Waals surface area contributed by atoms with Crippen LogP contribution in [0.1, 0.15) is 0 Å². The van der Waals surface area contributed by atoms with Crippen LogP contribution < -0.4 is 0 Å². The Morgan fingerprint density at radius 1 is 1.00 bits per heavy atom. The number of hydrogen-bond acceptors (Lipinski definition) is 2. The topological polar surface area (TPSA) is 29.5 Å². The van der Waals surface area contributed by atoms with Crippen LogP contribution in [-0.4, -0.2) is 36.5 Å². The van der Waals surface area contributed by atoms with Gasteiger partial charge in [0.1, 0.15) is 0 Å². The number of aliphatic hydroxyl groups excluding tert-OH is 1. The second-order valence-electron chi connectivity index (χ2n) is 2.28. The first-order chi connectivity index (χ1) is 5.98. The maximum absolute atomic E-state index is 12.2. The second-order valence-corrected chi connectivity index (χ2v) is 2.28. The van der Waals surface area contributed by atoms with Crippen molar-refractivity contribution in [3.63, 3.8) is 0 Å². The Morgan fingerprint density at radius 2 is 1.36 bits per heavy atom. The van der Waals surface area contributed by atoms with E-state index in [9.17, 15) is 30.7 Å². The Kier molecular flexibility index (Phi) is 3.39. The van der Waals surface area contributed by atoms with Crippen LogP contribution in [0.15, 0.2) is 0 Å². The molecule has 0 radical (unpaired) electrons. The molecule has 9 heteroatoms. The summed E-state index contributed by atoms with van der Waals surface area (Å²) in [6.45, 7) is 0. The van der Waals surface area contributed by atoms with Gasteiger partial charge in [-0.1, -0.05) is 0 Å². The van der Waals surface area contributed by atoms with Gasteiger partial charge in [0.25, 0.3) is 0 Å². The number of alkyl halides is 7. The molecule has 1 N–H and O–H groups in total. The fourth-order valence-corrected chi connectivity index (χ4v) is 0.492. The molecule has 0 heterocycles. The summed E-state index contributed by atoms with van der Waals surface area (Å²) in [4.78, 5) is 0. The van der Waals surface area contributed by atoms with Crippen molar-refractivity contribution in [2.45, 2.75) is 24.3 Å². The zero-order valence-electron chi connectivity index (χ0n) is 6.58. The Bertz CT molecular complexity index is 199. The predicted molar refractivity (Wildman–Crippen MR) is 29.0 cm³/mol. The van der Waals surface area contributed by atoms with E-state index in [4.69, 9.17) is 5.11 Å². The zero-order valence-corrected chi connectivity index (χ0v) is 6.58. The fourth-order valence-electron chi connectivity index (χ4n) is 0.492. The molecule has 0 aromatic carbocycles. The van der Waals surface area contributed by atoms with Gasteiger partial charge in [0, 0.05) is 7.11 Å². The van der Waals surface area contributed by atoms with Crippen molar-refractivity contribution in [2.24, 2.45) is 0 Å². The summed E-state index contributed by atoms with van der Waals surface area (Å²) in [5, 5.41) is 8.13. The molecule has 86 valence electrons. The highest BCUT2D eigenvalue weighted by atomic mass is 19.4. The lowest BCUT2D eigenvalue weighted by atomic mass is 10.1. The molecule has 0 saturated heterocycles. The van der Waals surface area contributed by atoms with Crippen molar-refractivity contribution in [1.82, 2.24) is 0 Å². The van der Waals surface area contributed by atoms with Crippen LogP contribution >= 0.6 is 0 Å². The van der Waals surface area contributed by atoms with Crippen LogP contribution in [-0.2, 0) is 4.74 Å². The van der Waals surface area contributed by atoms with Crippen LogP contribution in [0.2, 0.25) is 0 Å². The second kappa shape index (κ2) is 3.54. The monoisotopic (exact) mass is 230 g/mol.